The summed E-state index contributed by atoms with van der Waals surface area (Å²) >= 11 is 3.52. The zero-order valence-corrected chi connectivity index (χ0v) is 17.2. The van der Waals surface area contributed by atoms with E-state index < -0.39 is 0 Å². The number of phenols is 1. The third-order valence-corrected chi connectivity index (χ3v) is 5.68. The van der Waals surface area contributed by atoms with Crippen LogP contribution in [0.2, 0.25) is 0 Å². The van der Waals surface area contributed by atoms with Gasteiger partial charge in [0.15, 0.2) is 0 Å². The number of halogens is 1. The van der Waals surface area contributed by atoms with Gasteiger partial charge in [-0.25, -0.2) is 0 Å². The highest BCUT2D eigenvalue weighted by Crippen LogP contribution is 2.37. The molecule has 0 heterocycles. The van der Waals surface area contributed by atoms with Crippen molar-refractivity contribution in [3.63, 3.8) is 0 Å². The van der Waals surface area contributed by atoms with Crippen molar-refractivity contribution >= 4 is 26.7 Å². The van der Waals surface area contributed by atoms with Crippen LogP contribution in [0.4, 0.5) is 0 Å². The highest BCUT2D eigenvalue weighted by atomic mass is 79.9. The second-order valence-electron chi connectivity index (χ2n) is 7.00. The van der Waals surface area contributed by atoms with Gasteiger partial charge in [0.25, 0.3) is 0 Å². The summed E-state index contributed by atoms with van der Waals surface area (Å²) in [6.45, 7) is 2.16. The van der Waals surface area contributed by atoms with E-state index >= 15 is 0 Å². The maximum atomic E-state index is 10.8. The van der Waals surface area contributed by atoms with Crippen LogP contribution in [0.15, 0.2) is 95.5 Å². The van der Waals surface area contributed by atoms with Crippen molar-refractivity contribution in [2.24, 2.45) is 0 Å². The molecule has 0 saturated carbocycles. The minimum Gasteiger partial charge on any atom is -0.508 e. The van der Waals surface area contributed by atoms with Gasteiger partial charge in [-0.15, -0.1) is 0 Å². The molecule has 2 nitrogen and oxygen atoms in total. The Morgan fingerprint density at radius 2 is 1.43 bits per heavy atom. The van der Waals surface area contributed by atoms with Crippen molar-refractivity contribution in [1.82, 2.24) is 5.32 Å². The first kappa shape index (κ1) is 18.7. The average Bonchev–Trinajstić information content (AvgIpc) is 2.73. The van der Waals surface area contributed by atoms with E-state index in [0.29, 0.717) is 5.75 Å². The first-order valence-corrected chi connectivity index (χ1v) is 10.2. The first-order chi connectivity index (χ1) is 13.6. The quantitative estimate of drug-likeness (QED) is 0.366. The predicted molar refractivity (Wildman–Crippen MR) is 120 cm³/mol. The van der Waals surface area contributed by atoms with Gasteiger partial charge in [-0.3, -0.25) is 5.32 Å². The molecule has 0 spiro atoms. The summed E-state index contributed by atoms with van der Waals surface area (Å²) in [5.41, 5.74) is 3.23. The molecule has 0 aliphatic rings. The van der Waals surface area contributed by atoms with Crippen LogP contribution in [0.1, 0.15) is 35.7 Å². The number of nitrogens with one attached hydrogen (secondary N) is 1. The molecule has 0 aromatic heterocycles. The standard InChI is InChI=1S/C25H22BrNO/c1-17(18-7-3-2-4-8-18)27-25(20-11-14-21(26)15-12-20)24-22-10-6-5-9-19(22)13-16-23(24)28/h2-17,25,27-28H,1H3/t17-,25-/m1/s1. The van der Waals surface area contributed by atoms with Gasteiger partial charge in [-0.05, 0) is 47.0 Å². The number of rotatable bonds is 5. The summed E-state index contributed by atoms with van der Waals surface area (Å²) in [4.78, 5) is 0. The van der Waals surface area contributed by atoms with Gasteiger partial charge in [0.2, 0.25) is 0 Å². The molecule has 4 aromatic rings. The number of hydrogen-bond acceptors (Lipinski definition) is 2. The summed E-state index contributed by atoms with van der Waals surface area (Å²) in [6, 6.07) is 30.6. The van der Waals surface area contributed by atoms with Crippen LogP contribution < -0.4 is 5.32 Å². The van der Waals surface area contributed by atoms with E-state index in [9.17, 15) is 5.11 Å². The minimum atomic E-state index is -0.144. The molecule has 4 aromatic carbocycles. The topological polar surface area (TPSA) is 32.3 Å². The zero-order valence-electron chi connectivity index (χ0n) is 15.6. The molecule has 4 rings (SSSR count). The highest BCUT2D eigenvalue weighted by molar-refractivity contribution is 9.10. The molecule has 0 bridgehead atoms. The summed E-state index contributed by atoms with van der Waals surface area (Å²) < 4.78 is 1.04. The fourth-order valence-corrected chi connectivity index (χ4v) is 3.94. The number of phenolic OH excluding ortho intramolecular Hbond substituents is 1. The van der Waals surface area contributed by atoms with Gasteiger partial charge in [-0.1, -0.05) is 88.7 Å². The molecule has 0 radical (unpaired) electrons. The Balaban J connectivity index is 1.84. The van der Waals surface area contributed by atoms with E-state index in [4.69, 9.17) is 0 Å². The fourth-order valence-electron chi connectivity index (χ4n) is 3.68. The molecule has 2 atom stereocenters. The van der Waals surface area contributed by atoms with Gasteiger partial charge < -0.3 is 5.11 Å². The maximum Gasteiger partial charge on any atom is 0.121 e. The molecular weight excluding hydrogens is 410 g/mol. The molecule has 0 fully saturated rings. The van der Waals surface area contributed by atoms with Gasteiger partial charge in [0.05, 0.1) is 6.04 Å². The fraction of sp³-hybridized carbons (Fsp3) is 0.120. The normalized spacial score (nSPS) is 13.4. The van der Waals surface area contributed by atoms with Gasteiger partial charge in [0.1, 0.15) is 5.75 Å². The van der Waals surface area contributed by atoms with Crippen LogP contribution in [-0.4, -0.2) is 5.11 Å². The number of fused-ring (bicyclic) bond motifs is 1. The van der Waals surface area contributed by atoms with E-state index in [2.05, 4.69) is 76.7 Å². The van der Waals surface area contributed by atoms with Crippen LogP contribution in [0.5, 0.6) is 5.75 Å². The Labute approximate surface area is 174 Å². The molecule has 3 heteroatoms. The third kappa shape index (κ3) is 3.82. The van der Waals surface area contributed by atoms with Crippen LogP contribution >= 0.6 is 15.9 Å². The second kappa shape index (κ2) is 8.17. The van der Waals surface area contributed by atoms with Crippen LogP contribution in [-0.2, 0) is 0 Å². The predicted octanol–water partition coefficient (Wildman–Crippen LogP) is 6.75. The molecule has 0 amide bonds. The number of hydrogen-bond donors (Lipinski definition) is 2. The Morgan fingerprint density at radius 1 is 0.750 bits per heavy atom. The van der Waals surface area contributed by atoms with E-state index in [1.54, 1.807) is 6.07 Å². The van der Waals surface area contributed by atoms with E-state index in [1.165, 1.54) is 5.56 Å². The zero-order chi connectivity index (χ0) is 19.5. The lowest BCUT2D eigenvalue weighted by Crippen LogP contribution is -2.26. The van der Waals surface area contributed by atoms with Crippen molar-refractivity contribution in [2.45, 2.75) is 19.0 Å². The SMILES string of the molecule is C[C@@H](N[C@H](c1ccc(Br)cc1)c1c(O)ccc2ccccc12)c1ccccc1. The largest absolute Gasteiger partial charge is 0.508 e. The molecule has 0 aliphatic heterocycles. The van der Waals surface area contributed by atoms with Gasteiger partial charge in [0, 0.05) is 16.1 Å². The Morgan fingerprint density at radius 3 is 2.18 bits per heavy atom. The van der Waals surface area contributed by atoms with Gasteiger partial charge >= 0.3 is 0 Å². The first-order valence-electron chi connectivity index (χ1n) is 9.40. The minimum absolute atomic E-state index is 0.119. The third-order valence-electron chi connectivity index (χ3n) is 5.16. The smallest absolute Gasteiger partial charge is 0.121 e. The van der Waals surface area contributed by atoms with Crippen molar-refractivity contribution in [2.75, 3.05) is 0 Å². The van der Waals surface area contributed by atoms with Crippen molar-refractivity contribution in [3.8, 4) is 5.75 Å². The lowest BCUT2D eigenvalue weighted by Gasteiger charge is -2.26. The average molecular weight is 432 g/mol. The number of aromatic hydroxyl groups is 1. The maximum absolute atomic E-state index is 10.8. The lowest BCUT2D eigenvalue weighted by atomic mass is 9.91. The molecular formula is C25H22BrNO. The van der Waals surface area contributed by atoms with Crippen molar-refractivity contribution in [1.29, 1.82) is 0 Å². The van der Waals surface area contributed by atoms with Crippen LogP contribution in [0, 0.1) is 0 Å². The van der Waals surface area contributed by atoms with E-state index in [-0.39, 0.29) is 12.1 Å². The molecule has 0 aliphatic carbocycles. The highest BCUT2D eigenvalue weighted by Gasteiger charge is 2.22. The molecule has 0 unspecified atom stereocenters. The van der Waals surface area contributed by atoms with Crippen LogP contribution in [0.3, 0.4) is 0 Å². The Bertz CT molecular complexity index is 1080. The Kier molecular flexibility index (Phi) is 5.47. The lowest BCUT2D eigenvalue weighted by molar-refractivity contribution is 0.449. The second-order valence-corrected chi connectivity index (χ2v) is 7.92. The van der Waals surface area contributed by atoms with E-state index in [0.717, 1.165) is 26.4 Å². The van der Waals surface area contributed by atoms with Crippen molar-refractivity contribution in [3.05, 3.63) is 112 Å². The van der Waals surface area contributed by atoms with Gasteiger partial charge in [-0.2, -0.15) is 0 Å². The van der Waals surface area contributed by atoms with Crippen molar-refractivity contribution < 1.29 is 5.11 Å². The summed E-state index contributed by atoms with van der Waals surface area (Å²) in [5, 5.41) is 16.7. The van der Waals surface area contributed by atoms with Crippen LogP contribution in [0.25, 0.3) is 10.8 Å². The molecule has 2 N–H and O–H groups in total. The summed E-state index contributed by atoms with van der Waals surface area (Å²) in [5.74, 6) is 0.305. The monoisotopic (exact) mass is 431 g/mol. The number of benzene rings is 4. The molecule has 0 saturated heterocycles. The summed E-state index contributed by atoms with van der Waals surface area (Å²) in [7, 11) is 0. The molecule has 140 valence electrons. The molecule has 28 heavy (non-hydrogen) atoms. The summed E-state index contributed by atoms with van der Waals surface area (Å²) in [6.07, 6.45) is 0. The van der Waals surface area contributed by atoms with E-state index in [1.807, 2.05) is 36.4 Å². The Hall–Kier alpha value is -2.62.